The van der Waals surface area contributed by atoms with Crippen molar-refractivity contribution in [2.45, 2.75) is 64.1 Å². The fourth-order valence-electron chi connectivity index (χ4n) is 4.83. The van der Waals surface area contributed by atoms with Gasteiger partial charge in [-0.2, -0.15) is 0 Å². The fraction of sp³-hybridized carbons (Fsp3) is 0.652. The van der Waals surface area contributed by atoms with E-state index in [-0.39, 0.29) is 17.9 Å². The lowest BCUT2D eigenvalue weighted by atomic mass is 9.91. The number of rotatable bonds is 4. The van der Waals surface area contributed by atoms with E-state index in [4.69, 9.17) is 16.3 Å². The summed E-state index contributed by atoms with van der Waals surface area (Å²) in [6.45, 7) is 7.44. The second-order valence-corrected chi connectivity index (χ2v) is 9.28. The lowest BCUT2D eigenvalue weighted by Crippen LogP contribution is -2.48. The zero-order valence-electron chi connectivity index (χ0n) is 18.0. The number of hydrogen-bond acceptors (Lipinski definition) is 4. The van der Waals surface area contributed by atoms with Gasteiger partial charge in [0.05, 0.1) is 6.54 Å². The highest BCUT2D eigenvalue weighted by atomic mass is 35.5. The molecule has 2 amide bonds. The van der Waals surface area contributed by atoms with Crippen molar-refractivity contribution in [1.82, 2.24) is 14.7 Å². The first-order chi connectivity index (χ1) is 14.4. The number of carbonyl (C=O) groups is 2. The van der Waals surface area contributed by atoms with Gasteiger partial charge >= 0.3 is 0 Å². The number of nitrogens with zero attached hydrogens (tertiary/aromatic N) is 3. The molecule has 0 N–H and O–H groups in total. The Morgan fingerprint density at radius 2 is 1.90 bits per heavy atom. The second-order valence-electron chi connectivity index (χ2n) is 8.87. The van der Waals surface area contributed by atoms with Crippen molar-refractivity contribution in [3.8, 4) is 5.75 Å². The third-order valence-corrected chi connectivity index (χ3v) is 7.24. The molecule has 4 rings (SSSR count). The Bertz CT molecular complexity index is 798. The molecule has 0 aromatic heterocycles. The Hall–Kier alpha value is -1.79. The molecule has 6 nitrogen and oxygen atoms in total. The zero-order valence-corrected chi connectivity index (χ0v) is 18.7. The summed E-state index contributed by atoms with van der Waals surface area (Å²) in [6, 6.07) is 5.83. The first-order valence-corrected chi connectivity index (χ1v) is 11.5. The smallest absolute Gasteiger partial charge is 0.245 e. The van der Waals surface area contributed by atoms with E-state index in [2.05, 4.69) is 4.90 Å². The minimum absolute atomic E-state index is 0.0686. The van der Waals surface area contributed by atoms with Crippen molar-refractivity contribution in [3.05, 3.63) is 28.8 Å². The van der Waals surface area contributed by atoms with Crippen molar-refractivity contribution in [2.24, 2.45) is 0 Å². The normalized spacial score (nSPS) is 25.7. The maximum atomic E-state index is 13.4. The van der Waals surface area contributed by atoms with E-state index in [9.17, 15) is 9.59 Å². The van der Waals surface area contributed by atoms with Gasteiger partial charge in [-0.25, -0.2) is 0 Å². The van der Waals surface area contributed by atoms with Crippen LogP contribution in [0.3, 0.4) is 0 Å². The van der Waals surface area contributed by atoms with Crippen LogP contribution in [-0.2, 0) is 9.59 Å². The molecule has 0 spiro atoms. The van der Waals surface area contributed by atoms with E-state index in [1.807, 2.05) is 30.0 Å². The van der Waals surface area contributed by atoms with Gasteiger partial charge in [-0.15, -0.1) is 0 Å². The van der Waals surface area contributed by atoms with Crippen LogP contribution in [0.5, 0.6) is 5.75 Å². The summed E-state index contributed by atoms with van der Waals surface area (Å²) < 4.78 is 6.12. The zero-order chi connectivity index (χ0) is 21.3. The highest BCUT2D eigenvalue weighted by molar-refractivity contribution is 6.31. The fourth-order valence-corrected chi connectivity index (χ4v) is 4.95. The second kappa shape index (κ2) is 9.15. The molecule has 2 heterocycles. The molecule has 2 unspecified atom stereocenters. The van der Waals surface area contributed by atoms with E-state index >= 15 is 0 Å². The van der Waals surface area contributed by atoms with Crippen molar-refractivity contribution in [2.75, 3.05) is 32.7 Å². The van der Waals surface area contributed by atoms with Gasteiger partial charge < -0.3 is 14.5 Å². The molecular weight excluding hydrogens is 402 g/mol. The van der Waals surface area contributed by atoms with E-state index in [1.165, 1.54) is 26.2 Å². The number of ether oxygens (including phenoxy) is 1. The largest absolute Gasteiger partial charge is 0.488 e. The van der Waals surface area contributed by atoms with Crippen LogP contribution in [0, 0.1) is 6.92 Å². The van der Waals surface area contributed by atoms with Crippen LogP contribution in [0.2, 0.25) is 5.02 Å². The molecule has 3 fully saturated rings. The molecular formula is C23H32ClN3O3. The van der Waals surface area contributed by atoms with Crippen molar-refractivity contribution >= 4 is 23.4 Å². The Morgan fingerprint density at radius 3 is 2.57 bits per heavy atom. The summed E-state index contributed by atoms with van der Waals surface area (Å²) >= 11 is 6.11. The minimum Gasteiger partial charge on any atom is -0.488 e. The number of amides is 2. The summed E-state index contributed by atoms with van der Waals surface area (Å²) in [5, 5.41) is 0.698. The van der Waals surface area contributed by atoms with Gasteiger partial charge in [0.1, 0.15) is 17.9 Å². The van der Waals surface area contributed by atoms with Crippen LogP contribution >= 0.6 is 11.6 Å². The van der Waals surface area contributed by atoms with Gasteiger partial charge in [-0.05, 0) is 49.9 Å². The average Bonchev–Trinajstić information content (AvgIpc) is 2.94. The number of aryl methyl sites for hydroxylation is 1. The van der Waals surface area contributed by atoms with Crippen LogP contribution in [-0.4, -0.2) is 77.4 Å². The third kappa shape index (κ3) is 4.59. The molecule has 2 aliphatic heterocycles. The Labute approximate surface area is 184 Å². The van der Waals surface area contributed by atoms with Gasteiger partial charge in [0, 0.05) is 50.6 Å². The summed E-state index contributed by atoms with van der Waals surface area (Å²) in [5.74, 6) is 0.723. The molecule has 0 radical (unpaired) electrons. The third-order valence-electron chi connectivity index (χ3n) is 6.82. The number of carbonyl (C=O) groups excluding carboxylic acids is 2. The van der Waals surface area contributed by atoms with Crippen LogP contribution in [0.25, 0.3) is 0 Å². The minimum atomic E-state index is -0.434. The molecule has 2 atom stereocenters. The molecule has 2 saturated heterocycles. The number of benzene rings is 1. The van der Waals surface area contributed by atoms with Crippen LogP contribution in [0.15, 0.2) is 18.2 Å². The van der Waals surface area contributed by atoms with Gasteiger partial charge in [-0.3, -0.25) is 14.5 Å². The Morgan fingerprint density at radius 1 is 1.10 bits per heavy atom. The highest BCUT2D eigenvalue weighted by Gasteiger charge is 2.41. The van der Waals surface area contributed by atoms with E-state index < -0.39 is 6.04 Å². The van der Waals surface area contributed by atoms with Crippen molar-refractivity contribution < 1.29 is 14.3 Å². The highest BCUT2D eigenvalue weighted by Crippen LogP contribution is 2.29. The topological polar surface area (TPSA) is 53.1 Å². The quantitative estimate of drug-likeness (QED) is 0.732. The van der Waals surface area contributed by atoms with Crippen LogP contribution in [0.4, 0.5) is 0 Å². The van der Waals surface area contributed by atoms with Gasteiger partial charge in [0.25, 0.3) is 0 Å². The lowest BCUT2D eigenvalue weighted by Gasteiger charge is -2.36. The summed E-state index contributed by atoms with van der Waals surface area (Å²) in [5.41, 5.74) is 0.948. The predicted molar refractivity (Wildman–Crippen MR) is 117 cm³/mol. The first kappa shape index (κ1) is 21.4. The molecule has 1 aromatic carbocycles. The molecule has 0 bridgehead atoms. The Balaban J connectivity index is 1.40. The standard InChI is InChI=1S/C23H32ClN3O3/c1-16-13-19(7-8-21(16)24)30-20-14-22(27(15-20)17(2)28)23(29)26-10-4-9-25(11-12-26)18-5-3-6-18/h7-8,13,18,20,22H,3-6,9-12,14-15H2,1-2H3. The molecule has 30 heavy (non-hydrogen) atoms. The predicted octanol–water partition coefficient (Wildman–Crippen LogP) is 3.10. The van der Waals surface area contributed by atoms with Crippen LogP contribution in [0.1, 0.15) is 44.6 Å². The van der Waals surface area contributed by atoms with Crippen LogP contribution < -0.4 is 4.74 Å². The number of hydrogen-bond donors (Lipinski definition) is 0. The molecule has 1 saturated carbocycles. The van der Waals surface area contributed by atoms with Gasteiger partial charge in [0.15, 0.2) is 0 Å². The summed E-state index contributed by atoms with van der Waals surface area (Å²) in [4.78, 5) is 31.8. The molecule has 3 aliphatic rings. The monoisotopic (exact) mass is 433 g/mol. The maximum absolute atomic E-state index is 13.4. The van der Waals surface area contributed by atoms with Gasteiger partial charge in [0.2, 0.25) is 11.8 Å². The van der Waals surface area contributed by atoms with Crippen molar-refractivity contribution in [1.29, 1.82) is 0 Å². The molecule has 164 valence electrons. The van der Waals surface area contributed by atoms with E-state index in [0.29, 0.717) is 24.0 Å². The van der Waals surface area contributed by atoms with E-state index in [1.54, 1.807) is 4.90 Å². The lowest BCUT2D eigenvalue weighted by molar-refractivity contribution is -0.142. The first-order valence-electron chi connectivity index (χ1n) is 11.1. The SMILES string of the molecule is CC(=O)N1CC(Oc2ccc(Cl)c(C)c2)CC1C(=O)N1CCCN(C2CCC2)CC1. The average molecular weight is 434 g/mol. The number of likely N-dealkylation sites (tertiary alicyclic amines) is 1. The number of halogens is 1. The molecule has 1 aromatic rings. The molecule has 7 heteroatoms. The summed E-state index contributed by atoms with van der Waals surface area (Å²) in [6.07, 6.45) is 5.24. The van der Waals surface area contributed by atoms with E-state index in [0.717, 1.165) is 43.9 Å². The molecule has 1 aliphatic carbocycles. The van der Waals surface area contributed by atoms with Gasteiger partial charge in [-0.1, -0.05) is 18.0 Å². The van der Waals surface area contributed by atoms with Crippen molar-refractivity contribution in [3.63, 3.8) is 0 Å². The maximum Gasteiger partial charge on any atom is 0.245 e. The summed E-state index contributed by atoms with van der Waals surface area (Å²) in [7, 11) is 0. The Kier molecular flexibility index (Phi) is 6.54.